The zero-order valence-corrected chi connectivity index (χ0v) is 14.0. The standard InChI is InChI=1S/C24H15NO/c1-3-7-21-17(5-1)18-11-9-16(14-22(18)25-21)15-10-12-24-20(13-15)19-6-2-4-8-23(19)26-24/h1-14,25H. The van der Waals surface area contributed by atoms with Crippen LogP contribution in [0.2, 0.25) is 0 Å². The number of benzene rings is 4. The van der Waals surface area contributed by atoms with Gasteiger partial charge in [-0.15, -0.1) is 0 Å². The average Bonchev–Trinajstić information content (AvgIpc) is 3.25. The summed E-state index contributed by atoms with van der Waals surface area (Å²) in [5, 5.41) is 4.86. The first-order valence-electron chi connectivity index (χ1n) is 8.79. The molecule has 2 nitrogen and oxygen atoms in total. The number of para-hydroxylation sites is 2. The van der Waals surface area contributed by atoms with Crippen molar-refractivity contribution >= 4 is 43.7 Å². The highest BCUT2D eigenvalue weighted by Gasteiger charge is 2.09. The number of rotatable bonds is 1. The van der Waals surface area contributed by atoms with Crippen molar-refractivity contribution in [3.63, 3.8) is 0 Å². The largest absolute Gasteiger partial charge is 0.456 e. The maximum atomic E-state index is 5.95. The van der Waals surface area contributed by atoms with Crippen molar-refractivity contribution in [3.05, 3.63) is 84.9 Å². The van der Waals surface area contributed by atoms with Crippen LogP contribution in [-0.2, 0) is 0 Å². The number of fused-ring (bicyclic) bond motifs is 6. The summed E-state index contributed by atoms with van der Waals surface area (Å²) in [4.78, 5) is 3.53. The Bertz CT molecular complexity index is 1430. The first-order valence-corrected chi connectivity index (χ1v) is 8.79. The normalized spacial score (nSPS) is 11.8. The number of nitrogens with one attached hydrogen (secondary N) is 1. The van der Waals surface area contributed by atoms with E-state index in [0.717, 1.165) is 21.9 Å². The molecule has 2 aromatic heterocycles. The maximum absolute atomic E-state index is 5.95. The van der Waals surface area contributed by atoms with Gasteiger partial charge in [-0.1, -0.05) is 54.6 Å². The van der Waals surface area contributed by atoms with Gasteiger partial charge in [0.15, 0.2) is 0 Å². The summed E-state index contributed by atoms with van der Waals surface area (Å²) < 4.78 is 5.95. The predicted octanol–water partition coefficient (Wildman–Crippen LogP) is 6.89. The van der Waals surface area contributed by atoms with Crippen LogP contribution < -0.4 is 0 Å². The molecule has 0 unspecified atom stereocenters. The van der Waals surface area contributed by atoms with Crippen LogP contribution in [0.3, 0.4) is 0 Å². The monoisotopic (exact) mass is 333 g/mol. The molecule has 6 rings (SSSR count). The first kappa shape index (κ1) is 13.7. The molecule has 0 aliphatic heterocycles. The van der Waals surface area contributed by atoms with Gasteiger partial charge in [0.25, 0.3) is 0 Å². The molecule has 0 bridgehead atoms. The van der Waals surface area contributed by atoms with E-state index in [1.807, 2.05) is 12.1 Å². The van der Waals surface area contributed by atoms with Crippen molar-refractivity contribution in [2.24, 2.45) is 0 Å². The highest BCUT2D eigenvalue weighted by Crippen LogP contribution is 2.34. The summed E-state index contributed by atoms with van der Waals surface area (Å²) in [5.74, 6) is 0. The molecule has 2 heterocycles. The molecule has 1 N–H and O–H groups in total. The molecular formula is C24H15NO. The molecule has 0 aliphatic rings. The van der Waals surface area contributed by atoms with E-state index in [1.54, 1.807) is 0 Å². The molecule has 26 heavy (non-hydrogen) atoms. The van der Waals surface area contributed by atoms with Crippen molar-refractivity contribution in [3.8, 4) is 11.1 Å². The zero-order chi connectivity index (χ0) is 17.1. The minimum atomic E-state index is 0.932. The second-order valence-corrected chi connectivity index (χ2v) is 6.74. The van der Waals surface area contributed by atoms with Crippen molar-refractivity contribution in [2.75, 3.05) is 0 Å². The molecule has 6 aromatic rings. The molecule has 0 amide bonds. The van der Waals surface area contributed by atoms with E-state index >= 15 is 0 Å². The summed E-state index contributed by atoms with van der Waals surface area (Å²) >= 11 is 0. The second-order valence-electron chi connectivity index (χ2n) is 6.74. The number of hydrogen-bond donors (Lipinski definition) is 1. The molecule has 0 aliphatic carbocycles. The summed E-state index contributed by atoms with van der Waals surface area (Å²) in [7, 11) is 0. The lowest BCUT2D eigenvalue weighted by molar-refractivity contribution is 0.669. The van der Waals surface area contributed by atoms with Gasteiger partial charge < -0.3 is 9.40 Å². The number of furan rings is 1. The smallest absolute Gasteiger partial charge is 0.135 e. The van der Waals surface area contributed by atoms with Crippen molar-refractivity contribution < 1.29 is 4.42 Å². The number of hydrogen-bond acceptors (Lipinski definition) is 1. The SMILES string of the molecule is c1ccc2c(c1)[nH]c1cc(-c3ccc4oc5ccccc5c4c3)ccc12. The van der Waals surface area contributed by atoms with E-state index < -0.39 is 0 Å². The lowest BCUT2D eigenvalue weighted by Gasteiger charge is -2.02. The van der Waals surface area contributed by atoms with Gasteiger partial charge in [-0.3, -0.25) is 0 Å². The predicted molar refractivity (Wildman–Crippen MR) is 109 cm³/mol. The Morgan fingerprint density at radius 1 is 0.500 bits per heavy atom. The third-order valence-electron chi connectivity index (χ3n) is 5.22. The third-order valence-corrected chi connectivity index (χ3v) is 5.22. The Morgan fingerprint density at radius 3 is 2.15 bits per heavy atom. The van der Waals surface area contributed by atoms with Crippen molar-refractivity contribution in [2.45, 2.75) is 0 Å². The van der Waals surface area contributed by atoms with Gasteiger partial charge in [-0.25, -0.2) is 0 Å². The van der Waals surface area contributed by atoms with Crippen LogP contribution in [0.1, 0.15) is 0 Å². The molecule has 2 heteroatoms. The fourth-order valence-corrected chi connectivity index (χ4v) is 3.94. The average molecular weight is 333 g/mol. The minimum Gasteiger partial charge on any atom is -0.456 e. The van der Waals surface area contributed by atoms with E-state index in [-0.39, 0.29) is 0 Å². The minimum absolute atomic E-state index is 0.932. The molecule has 4 aromatic carbocycles. The zero-order valence-electron chi connectivity index (χ0n) is 14.0. The van der Waals surface area contributed by atoms with Gasteiger partial charge in [-0.05, 0) is 41.5 Å². The van der Waals surface area contributed by atoms with Crippen LogP contribution >= 0.6 is 0 Å². The van der Waals surface area contributed by atoms with Crippen LogP contribution in [0.5, 0.6) is 0 Å². The Kier molecular flexibility index (Phi) is 2.64. The van der Waals surface area contributed by atoms with Crippen LogP contribution in [0.4, 0.5) is 0 Å². The summed E-state index contributed by atoms with van der Waals surface area (Å²) in [6, 6.07) is 29.7. The van der Waals surface area contributed by atoms with E-state index in [2.05, 4.69) is 77.8 Å². The van der Waals surface area contributed by atoms with Gasteiger partial charge >= 0.3 is 0 Å². The van der Waals surface area contributed by atoms with Gasteiger partial charge in [0, 0.05) is 32.6 Å². The molecule has 0 saturated carbocycles. The van der Waals surface area contributed by atoms with E-state index in [1.165, 1.54) is 32.9 Å². The molecule has 0 fully saturated rings. The van der Waals surface area contributed by atoms with Gasteiger partial charge in [-0.2, -0.15) is 0 Å². The number of H-pyrrole nitrogens is 1. The van der Waals surface area contributed by atoms with E-state index in [0.29, 0.717) is 0 Å². The Labute approximate surface area is 149 Å². The third kappa shape index (κ3) is 1.87. The fourth-order valence-electron chi connectivity index (χ4n) is 3.94. The maximum Gasteiger partial charge on any atom is 0.135 e. The van der Waals surface area contributed by atoms with Crippen LogP contribution in [0, 0.1) is 0 Å². The summed E-state index contributed by atoms with van der Waals surface area (Å²) in [6.07, 6.45) is 0. The van der Waals surface area contributed by atoms with Gasteiger partial charge in [0.1, 0.15) is 11.2 Å². The highest BCUT2D eigenvalue weighted by atomic mass is 16.3. The molecule has 122 valence electrons. The van der Waals surface area contributed by atoms with E-state index in [4.69, 9.17) is 4.42 Å². The van der Waals surface area contributed by atoms with Crippen molar-refractivity contribution in [1.82, 2.24) is 4.98 Å². The summed E-state index contributed by atoms with van der Waals surface area (Å²) in [6.45, 7) is 0. The van der Waals surface area contributed by atoms with Crippen LogP contribution in [0.15, 0.2) is 89.3 Å². The topological polar surface area (TPSA) is 28.9 Å². The second kappa shape index (κ2) is 4.99. The first-order chi connectivity index (χ1) is 12.9. The highest BCUT2D eigenvalue weighted by molar-refractivity contribution is 6.09. The van der Waals surface area contributed by atoms with Crippen molar-refractivity contribution in [1.29, 1.82) is 0 Å². The number of aromatic nitrogens is 1. The molecule has 0 spiro atoms. The quantitative estimate of drug-likeness (QED) is 0.349. The Morgan fingerprint density at radius 2 is 1.19 bits per heavy atom. The lowest BCUT2D eigenvalue weighted by atomic mass is 10.0. The van der Waals surface area contributed by atoms with E-state index in [9.17, 15) is 0 Å². The summed E-state index contributed by atoms with van der Waals surface area (Å²) in [5.41, 5.74) is 6.62. The Balaban J connectivity index is 1.59. The fraction of sp³-hybridized carbons (Fsp3) is 0. The Hall–Kier alpha value is -3.52. The number of aromatic amines is 1. The van der Waals surface area contributed by atoms with Gasteiger partial charge in [0.2, 0.25) is 0 Å². The van der Waals surface area contributed by atoms with Crippen LogP contribution in [-0.4, -0.2) is 4.98 Å². The van der Waals surface area contributed by atoms with Gasteiger partial charge in [0.05, 0.1) is 0 Å². The molecule has 0 radical (unpaired) electrons. The van der Waals surface area contributed by atoms with Crippen LogP contribution in [0.25, 0.3) is 54.9 Å². The lowest BCUT2D eigenvalue weighted by Crippen LogP contribution is -1.78. The molecule has 0 atom stereocenters. The molecular weight excluding hydrogens is 318 g/mol. The molecule has 0 saturated heterocycles.